The lowest BCUT2D eigenvalue weighted by Gasteiger charge is -2.38. The van der Waals surface area contributed by atoms with Crippen molar-refractivity contribution in [2.75, 3.05) is 82.0 Å². The van der Waals surface area contributed by atoms with E-state index in [2.05, 4.69) is 103 Å². The van der Waals surface area contributed by atoms with Crippen LogP contribution < -0.4 is 31.5 Å². The maximum atomic E-state index is 6.27. The molecule has 356 valence electrons. The zero-order valence-corrected chi connectivity index (χ0v) is 41.6. The Bertz CT molecular complexity index is 2420. The van der Waals surface area contributed by atoms with Crippen LogP contribution in [0, 0.1) is 0 Å². The summed E-state index contributed by atoms with van der Waals surface area (Å²) >= 11 is 18.2. The number of aromatic nitrogens is 2. The fourth-order valence-electron chi connectivity index (χ4n) is 9.62. The predicted molar refractivity (Wildman–Crippen MR) is 284 cm³/mol. The van der Waals surface area contributed by atoms with Crippen LogP contribution in [0.3, 0.4) is 0 Å². The first-order valence-electron chi connectivity index (χ1n) is 24.5. The number of para-hydroxylation sites is 2. The van der Waals surface area contributed by atoms with E-state index in [1.807, 2.05) is 66.7 Å². The average Bonchev–Trinajstić information content (AvgIpc) is 3.36. The minimum atomic E-state index is 0.630. The highest BCUT2D eigenvalue weighted by Gasteiger charge is 2.25. The van der Waals surface area contributed by atoms with Crippen LogP contribution in [0.15, 0.2) is 109 Å². The molecule has 6 heterocycles. The van der Waals surface area contributed by atoms with Gasteiger partial charge in [0.05, 0.1) is 16.1 Å². The molecule has 2 aromatic heterocycles. The van der Waals surface area contributed by atoms with Crippen LogP contribution in [-0.2, 0) is 13.1 Å². The summed E-state index contributed by atoms with van der Waals surface area (Å²) in [5.74, 6) is 1.69. The van der Waals surface area contributed by atoms with E-state index in [-0.39, 0.29) is 0 Å². The van der Waals surface area contributed by atoms with Gasteiger partial charge in [-0.2, -0.15) is 0 Å². The fraction of sp³-hybridized carbons (Fsp3) is 0.444. The first kappa shape index (κ1) is 49.2. The molecule has 0 saturated carbocycles. The molecule has 4 aliphatic rings. The van der Waals surface area contributed by atoms with Crippen molar-refractivity contribution in [2.45, 2.75) is 88.6 Å². The van der Waals surface area contributed by atoms with Gasteiger partial charge in [-0.25, -0.2) is 9.97 Å². The molecule has 0 unspecified atom stereocenters. The number of likely N-dealkylation sites (tertiary alicyclic amines) is 2. The summed E-state index contributed by atoms with van der Waals surface area (Å²) in [6, 6.07) is 39.0. The molecule has 13 heteroatoms. The molecule has 4 fully saturated rings. The number of halogens is 3. The van der Waals surface area contributed by atoms with Gasteiger partial charge in [0.2, 0.25) is 0 Å². The van der Waals surface area contributed by atoms with Crippen molar-refractivity contribution in [3.8, 4) is 0 Å². The van der Waals surface area contributed by atoms with Gasteiger partial charge in [-0.15, -0.1) is 0 Å². The maximum absolute atomic E-state index is 6.27. The normalized spacial score (nSPS) is 18.3. The second kappa shape index (κ2) is 24.9. The van der Waals surface area contributed by atoms with Crippen LogP contribution >= 0.6 is 34.8 Å². The number of hydrogen-bond donors (Lipinski definition) is 5. The van der Waals surface area contributed by atoms with Gasteiger partial charge in [0, 0.05) is 82.9 Å². The molecule has 0 aliphatic carbocycles. The molecule has 67 heavy (non-hydrogen) atoms. The van der Waals surface area contributed by atoms with E-state index < -0.39 is 0 Å². The van der Waals surface area contributed by atoms with Crippen LogP contribution in [0.25, 0.3) is 21.8 Å². The molecule has 0 atom stereocenters. The molecule has 5 N–H and O–H groups in total. The topological polar surface area (TPSA) is 95.7 Å². The van der Waals surface area contributed by atoms with Crippen molar-refractivity contribution in [1.29, 1.82) is 0 Å². The standard InChI is InChI=1S/C27H34ClN5.C16H12Cl2N2.C11H23N3/c1-32-14-10-22(11-15-32)30-23-12-16-33(17-13-23)26-18-27(31-25-5-3-2-4-24(25)26)29-19-20-6-8-21(28)9-7-20;17-12-7-5-11(6-8-12)10-19-16-9-14(18)13-3-1-2-4-15(13)20-16;1-14-8-4-11(5-9-14)13-10-2-6-12-7-3-10/h2-9,18,22-23,30H,10-17,19H2,1H3,(H,29,31);1-9H,10H2,(H,19,20);10-13H,2-9H2,1H3. The van der Waals surface area contributed by atoms with Gasteiger partial charge >= 0.3 is 0 Å². The molecule has 0 amide bonds. The summed E-state index contributed by atoms with van der Waals surface area (Å²) in [6.45, 7) is 10.9. The quantitative estimate of drug-likeness (QED) is 0.0864. The monoisotopic (exact) mass is 962 g/mol. The molecule has 4 aromatic carbocycles. The van der Waals surface area contributed by atoms with Gasteiger partial charge in [0.25, 0.3) is 0 Å². The Morgan fingerprint density at radius 3 is 1.43 bits per heavy atom. The number of nitrogens with zero attached hydrogens (tertiary/aromatic N) is 5. The van der Waals surface area contributed by atoms with Crippen molar-refractivity contribution in [3.05, 3.63) is 135 Å². The van der Waals surface area contributed by atoms with E-state index in [9.17, 15) is 0 Å². The third kappa shape index (κ3) is 14.9. The van der Waals surface area contributed by atoms with Crippen LogP contribution in [0.4, 0.5) is 17.3 Å². The Kier molecular flexibility index (Phi) is 18.3. The third-order valence-electron chi connectivity index (χ3n) is 13.7. The Labute approximate surface area is 413 Å². The fourth-order valence-corrected chi connectivity index (χ4v) is 10.1. The zero-order valence-electron chi connectivity index (χ0n) is 39.3. The number of pyridine rings is 2. The molecule has 10 nitrogen and oxygen atoms in total. The molecule has 6 aromatic rings. The van der Waals surface area contributed by atoms with Crippen LogP contribution in [0.1, 0.15) is 62.5 Å². The van der Waals surface area contributed by atoms with E-state index in [4.69, 9.17) is 39.8 Å². The summed E-state index contributed by atoms with van der Waals surface area (Å²) in [6.07, 6.45) is 10.2. The van der Waals surface area contributed by atoms with Gasteiger partial charge in [-0.05, 0) is 158 Å². The van der Waals surface area contributed by atoms with Gasteiger partial charge in [0.1, 0.15) is 11.6 Å². The zero-order chi connectivity index (χ0) is 46.4. The van der Waals surface area contributed by atoms with Crippen LogP contribution in [-0.4, -0.2) is 110 Å². The molecule has 0 radical (unpaired) electrons. The second-order valence-corrected chi connectivity index (χ2v) is 20.1. The van der Waals surface area contributed by atoms with Crippen molar-refractivity contribution in [3.63, 3.8) is 0 Å². The highest BCUT2D eigenvalue weighted by molar-refractivity contribution is 6.35. The number of anilines is 3. The SMILES string of the molecule is CN1CCC(NC2CCN(c3cc(NCc4ccc(Cl)cc4)nc4ccccc34)CC2)CC1.CN1CCC(NC2CCNCC2)CC1.Clc1ccc(CNc2cc(Cl)c3ccccc3n2)cc1. The number of piperidine rings is 4. The molecule has 4 saturated heterocycles. The molecule has 0 spiro atoms. The van der Waals surface area contributed by atoms with Crippen LogP contribution in [0.5, 0.6) is 0 Å². The molecule has 10 rings (SSSR count). The number of hydrogen-bond acceptors (Lipinski definition) is 10. The summed E-state index contributed by atoms with van der Waals surface area (Å²) in [5.41, 5.74) is 5.55. The highest BCUT2D eigenvalue weighted by atomic mass is 35.5. The average molecular weight is 965 g/mol. The van der Waals surface area contributed by atoms with Crippen molar-refractivity contribution in [2.24, 2.45) is 0 Å². The maximum Gasteiger partial charge on any atom is 0.129 e. The predicted octanol–water partition coefficient (Wildman–Crippen LogP) is 10.7. The van der Waals surface area contributed by atoms with Crippen molar-refractivity contribution < 1.29 is 0 Å². The molecule has 0 bridgehead atoms. The van der Waals surface area contributed by atoms with Crippen molar-refractivity contribution in [1.82, 2.24) is 35.7 Å². The third-order valence-corrected chi connectivity index (χ3v) is 14.5. The molecular weight excluding hydrogens is 895 g/mol. The number of nitrogens with one attached hydrogen (secondary N) is 5. The van der Waals surface area contributed by atoms with E-state index >= 15 is 0 Å². The summed E-state index contributed by atoms with van der Waals surface area (Å²) < 4.78 is 0. The van der Waals surface area contributed by atoms with Gasteiger partial charge < -0.3 is 41.3 Å². The lowest BCUT2D eigenvalue weighted by Crippen LogP contribution is -2.49. The van der Waals surface area contributed by atoms with Gasteiger partial charge in [-0.1, -0.05) is 95.5 Å². The first-order chi connectivity index (χ1) is 32.7. The summed E-state index contributed by atoms with van der Waals surface area (Å²) in [4.78, 5) is 16.8. The summed E-state index contributed by atoms with van der Waals surface area (Å²) in [7, 11) is 4.45. The van der Waals surface area contributed by atoms with Gasteiger partial charge in [-0.3, -0.25) is 0 Å². The summed E-state index contributed by atoms with van der Waals surface area (Å²) in [5, 5.41) is 22.4. The Balaban J connectivity index is 0.000000151. The highest BCUT2D eigenvalue weighted by Crippen LogP contribution is 2.32. The lowest BCUT2D eigenvalue weighted by molar-refractivity contribution is 0.215. The van der Waals surface area contributed by atoms with E-state index in [0.29, 0.717) is 23.7 Å². The van der Waals surface area contributed by atoms with Gasteiger partial charge in [0.15, 0.2) is 0 Å². The smallest absolute Gasteiger partial charge is 0.129 e. The number of benzene rings is 4. The van der Waals surface area contributed by atoms with E-state index in [1.165, 1.54) is 107 Å². The van der Waals surface area contributed by atoms with Crippen molar-refractivity contribution >= 4 is 73.9 Å². The second-order valence-electron chi connectivity index (χ2n) is 18.8. The minimum Gasteiger partial charge on any atom is -0.371 e. The molecular formula is C54H69Cl3N10. The lowest BCUT2D eigenvalue weighted by atomic mass is 9.99. The Morgan fingerprint density at radius 1 is 0.507 bits per heavy atom. The Hall–Kier alpha value is -4.23. The van der Waals surface area contributed by atoms with Crippen LogP contribution in [0.2, 0.25) is 15.1 Å². The molecule has 4 aliphatic heterocycles. The Morgan fingerprint density at radius 2 is 0.925 bits per heavy atom. The first-order valence-corrected chi connectivity index (χ1v) is 25.6. The van der Waals surface area contributed by atoms with E-state index in [1.54, 1.807) is 0 Å². The van der Waals surface area contributed by atoms with E-state index in [0.717, 1.165) is 75.4 Å². The minimum absolute atomic E-state index is 0.630. The number of fused-ring (bicyclic) bond motifs is 2. The largest absolute Gasteiger partial charge is 0.371 e. The number of rotatable bonds is 11.